The van der Waals surface area contributed by atoms with Crippen molar-refractivity contribution in [3.05, 3.63) is 54.3 Å². The first-order valence-corrected chi connectivity index (χ1v) is 11.1. The number of hydrogen-bond donors (Lipinski definition) is 2. The molecule has 0 aliphatic heterocycles. The van der Waals surface area contributed by atoms with E-state index in [1.165, 1.54) is 24.3 Å². The van der Waals surface area contributed by atoms with Gasteiger partial charge in [-0.05, 0) is 76.3 Å². The van der Waals surface area contributed by atoms with E-state index in [0.29, 0.717) is 24.6 Å². The van der Waals surface area contributed by atoms with E-state index in [-0.39, 0.29) is 22.7 Å². The van der Waals surface area contributed by atoms with Crippen LogP contribution >= 0.6 is 0 Å². The lowest BCUT2D eigenvalue weighted by Crippen LogP contribution is -2.41. The number of anilines is 1. The maximum absolute atomic E-state index is 12.9. The van der Waals surface area contributed by atoms with Gasteiger partial charge in [-0.2, -0.15) is 0 Å². The highest BCUT2D eigenvalue weighted by Gasteiger charge is 2.19. The van der Waals surface area contributed by atoms with Crippen molar-refractivity contribution in [3.8, 4) is 5.75 Å². The third-order valence-corrected chi connectivity index (χ3v) is 6.06. The summed E-state index contributed by atoms with van der Waals surface area (Å²) in [5.41, 5.74) is 0.506. The molecule has 1 amide bonds. The molecule has 0 bridgehead atoms. The highest BCUT2D eigenvalue weighted by Crippen LogP contribution is 2.15. The van der Waals surface area contributed by atoms with Crippen molar-refractivity contribution >= 4 is 21.6 Å². The van der Waals surface area contributed by atoms with Gasteiger partial charge in [-0.1, -0.05) is 0 Å². The number of nitrogens with one attached hydrogen (secondary N) is 2. The molecule has 0 aliphatic rings. The molecule has 2 N–H and O–H groups in total. The fraction of sp³-hybridized carbons (Fsp3) is 0.381. The SMILES string of the molecule is CC(C)NS(=O)(=O)c1ccc(NC(=O)C(C)N(C)CCOc2ccc(F)cc2)cc1. The zero-order valence-corrected chi connectivity index (χ0v) is 18.4. The molecule has 0 heterocycles. The number of carbonyl (C=O) groups is 1. The Morgan fingerprint density at radius 2 is 1.67 bits per heavy atom. The van der Waals surface area contributed by atoms with Crippen LogP contribution in [0.15, 0.2) is 53.4 Å². The first kappa shape index (κ1) is 23.8. The fourth-order valence-corrected chi connectivity index (χ4v) is 3.83. The van der Waals surface area contributed by atoms with Crippen molar-refractivity contribution in [2.45, 2.75) is 37.8 Å². The molecule has 0 aliphatic carbocycles. The third kappa shape index (κ3) is 7.08. The van der Waals surface area contributed by atoms with Crippen LogP contribution in [0.4, 0.5) is 10.1 Å². The number of nitrogens with zero attached hydrogens (tertiary/aromatic N) is 1. The molecular weight excluding hydrogens is 409 g/mol. The number of ether oxygens (including phenoxy) is 1. The predicted octanol–water partition coefficient (Wildman–Crippen LogP) is 2.85. The second-order valence-corrected chi connectivity index (χ2v) is 8.96. The summed E-state index contributed by atoms with van der Waals surface area (Å²) in [5.74, 6) is 0.00526. The number of benzene rings is 2. The molecule has 0 fully saturated rings. The average Bonchev–Trinajstić information content (AvgIpc) is 2.68. The van der Waals surface area contributed by atoms with Crippen LogP contribution < -0.4 is 14.8 Å². The summed E-state index contributed by atoms with van der Waals surface area (Å²) >= 11 is 0. The van der Waals surface area contributed by atoms with Crippen molar-refractivity contribution in [1.29, 1.82) is 0 Å². The maximum atomic E-state index is 12.9. The van der Waals surface area contributed by atoms with Crippen molar-refractivity contribution in [3.63, 3.8) is 0 Å². The average molecular weight is 438 g/mol. The van der Waals surface area contributed by atoms with Gasteiger partial charge in [0.25, 0.3) is 0 Å². The van der Waals surface area contributed by atoms with Gasteiger partial charge in [0.05, 0.1) is 10.9 Å². The Labute approximate surface area is 177 Å². The molecule has 2 rings (SSSR count). The first-order chi connectivity index (χ1) is 14.1. The Bertz CT molecular complexity index is 932. The molecule has 0 saturated carbocycles. The molecule has 30 heavy (non-hydrogen) atoms. The zero-order chi connectivity index (χ0) is 22.3. The number of rotatable bonds is 10. The Morgan fingerprint density at radius 1 is 1.07 bits per heavy atom. The lowest BCUT2D eigenvalue weighted by Gasteiger charge is -2.24. The monoisotopic (exact) mass is 437 g/mol. The summed E-state index contributed by atoms with van der Waals surface area (Å²) in [6.45, 7) is 6.08. The van der Waals surface area contributed by atoms with Gasteiger partial charge in [0, 0.05) is 18.3 Å². The predicted molar refractivity (Wildman–Crippen MR) is 115 cm³/mol. The lowest BCUT2D eigenvalue weighted by molar-refractivity contribution is -0.120. The van der Waals surface area contributed by atoms with Gasteiger partial charge in [-0.15, -0.1) is 0 Å². The maximum Gasteiger partial charge on any atom is 0.241 e. The van der Waals surface area contributed by atoms with Gasteiger partial charge < -0.3 is 10.1 Å². The summed E-state index contributed by atoms with van der Waals surface area (Å²) in [5, 5.41) is 2.78. The van der Waals surface area contributed by atoms with Crippen molar-refractivity contribution in [2.24, 2.45) is 0 Å². The molecule has 164 valence electrons. The van der Waals surface area contributed by atoms with Crippen molar-refractivity contribution < 1.29 is 22.3 Å². The molecular formula is C21H28FN3O4S. The third-order valence-electron chi connectivity index (χ3n) is 4.39. The van der Waals surface area contributed by atoms with Gasteiger partial charge in [-0.25, -0.2) is 17.5 Å². The number of hydrogen-bond acceptors (Lipinski definition) is 5. The molecule has 7 nitrogen and oxygen atoms in total. The first-order valence-electron chi connectivity index (χ1n) is 9.60. The second-order valence-electron chi connectivity index (χ2n) is 7.25. The number of sulfonamides is 1. The molecule has 0 aromatic heterocycles. The standard InChI is InChI=1S/C21H28FN3O4S/c1-15(2)24-30(27,28)20-11-7-18(8-12-20)23-21(26)16(3)25(4)13-14-29-19-9-5-17(22)6-10-19/h5-12,15-16,24H,13-14H2,1-4H3,(H,23,26). The van der Waals surface area contributed by atoms with Crippen LogP contribution in [0, 0.1) is 5.82 Å². The van der Waals surface area contributed by atoms with E-state index in [2.05, 4.69) is 10.0 Å². The summed E-state index contributed by atoms with van der Waals surface area (Å²) < 4.78 is 45.3. The summed E-state index contributed by atoms with van der Waals surface area (Å²) in [7, 11) is -1.78. The van der Waals surface area contributed by atoms with Crippen molar-refractivity contribution in [2.75, 3.05) is 25.5 Å². The van der Waals surface area contributed by atoms with Crippen LogP contribution in [-0.2, 0) is 14.8 Å². The quantitative estimate of drug-likeness (QED) is 0.597. The molecule has 0 saturated heterocycles. The van der Waals surface area contributed by atoms with Gasteiger partial charge in [0.15, 0.2) is 0 Å². The molecule has 2 aromatic carbocycles. The second kappa shape index (κ2) is 10.5. The number of halogens is 1. The van der Waals surface area contributed by atoms with Crippen LogP contribution in [0.5, 0.6) is 5.75 Å². The largest absolute Gasteiger partial charge is 0.492 e. The Hall–Kier alpha value is -2.49. The minimum Gasteiger partial charge on any atom is -0.492 e. The molecule has 1 unspecified atom stereocenters. The van der Waals surface area contributed by atoms with Crippen LogP contribution in [0.1, 0.15) is 20.8 Å². The lowest BCUT2D eigenvalue weighted by atomic mass is 10.2. The summed E-state index contributed by atoms with van der Waals surface area (Å²) in [6.07, 6.45) is 0. The molecule has 2 aromatic rings. The van der Waals surface area contributed by atoms with Crippen LogP contribution in [-0.4, -0.2) is 51.5 Å². The van der Waals surface area contributed by atoms with Crippen LogP contribution in [0.3, 0.4) is 0 Å². The van der Waals surface area contributed by atoms with Crippen LogP contribution in [0.25, 0.3) is 0 Å². The smallest absolute Gasteiger partial charge is 0.241 e. The summed E-state index contributed by atoms with van der Waals surface area (Å²) in [6, 6.07) is 11.1. The van der Waals surface area contributed by atoms with E-state index in [4.69, 9.17) is 4.74 Å². The molecule has 9 heteroatoms. The van der Waals surface area contributed by atoms with Crippen molar-refractivity contribution in [1.82, 2.24) is 9.62 Å². The fourth-order valence-electron chi connectivity index (χ4n) is 2.57. The molecule has 1 atom stereocenters. The van der Waals surface area contributed by atoms with Gasteiger partial charge in [0.1, 0.15) is 18.2 Å². The number of likely N-dealkylation sites (N-methyl/N-ethyl adjacent to an activating group) is 1. The van der Waals surface area contributed by atoms with Gasteiger partial charge >= 0.3 is 0 Å². The zero-order valence-electron chi connectivity index (χ0n) is 17.6. The van der Waals surface area contributed by atoms with E-state index < -0.39 is 16.1 Å². The minimum absolute atomic E-state index is 0.136. The van der Waals surface area contributed by atoms with E-state index in [9.17, 15) is 17.6 Å². The van der Waals surface area contributed by atoms with E-state index in [0.717, 1.165) is 0 Å². The number of amides is 1. The van der Waals surface area contributed by atoms with Gasteiger partial charge in [0.2, 0.25) is 15.9 Å². The van der Waals surface area contributed by atoms with E-state index >= 15 is 0 Å². The molecule has 0 spiro atoms. The topological polar surface area (TPSA) is 87.7 Å². The van der Waals surface area contributed by atoms with E-state index in [1.54, 1.807) is 52.1 Å². The Balaban J connectivity index is 1.86. The Morgan fingerprint density at radius 3 is 2.23 bits per heavy atom. The minimum atomic E-state index is -3.58. The summed E-state index contributed by atoms with van der Waals surface area (Å²) in [4.78, 5) is 14.4. The van der Waals surface area contributed by atoms with Gasteiger partial charge in [-0.3, -0.25) is 9.69 Å². The van der Waals surface area contributed by atoms with E-state index in [1.807, 2.05) is 4.90 Å². The van der Waals surface area contributed by atoms with Crippen LogP contribution in [0.2, 0.25) is 0 Å². The molecule has 0 radical (unpaired) electrons. The number of carbonyl (C=O) groups excluding carboxylic acids is 1. The highest BCUT2D eigenvalue weighted by atomic mass is 32.2. The normalized spacial score (nSPS) is 12.8. The Kier molecular flexibility index (Phi) is 8.33. The highest BCUT2D eigenvalue weighted by molar-refractivity contribution is 7.89.